The van der Waals surface area contributed by atoms with Gasteiger partial charge in [0.25, 0.3) is 5.91 Å². The van der Waals surface area contributed by atoms with Crippen molar-refractivity contribution in [3.8, 4) is 0 Å². The standard InChI is InChI=1S/C11H15Br2NOS/c1-7-4-8(16-9(7)13)10(15)14-6-11(2,3)5-12/h4H,5-6H2,1-3H3,(H,14,15). The topological polar surface area (TPSA) is 29.1 Å². The zero-order chi connectivity index (χ0) is 12.3. The summed E-state index contributed by atoms with van der Waals surface area (Å²) in [6, 6.07) is 1.91. The van der Waals surface area contributed by atoms with Gasteiger partial charge in [0.05, 0.1) is 8.66 Å². The zero-order valence-corrected chi connectivity index (χ0v) is 13.6. The minimum Gasteiger partial charge on any atom is -0.351 e. The van der Waals surface area contributed by atoms with Gasteiger partial charge in [0.2, 0.25) is 0 Å². The van der Waals surface area contributed by atoms with E-state index in [1.165, 1.54) is 11.3 Å². The van der Waals surface area contributed by atoms with Gasteiger partial charge in [0.15, 0.2) is 0 Å². The van der Waals surface area contributed by atoms with Gasteiger partial charge >= 0.3 is 0 Å². The molecule has 0 bridgehead atoms. The summed E-state index contributed by atoms with van der Waals surface area (Å²) < 4.78 is 1.03. The van der Waals surface area contributed by atoms with Crippen molar-refractivity contribution in [2.75, 3.05) is 11.9 Å². The van der Waals surface area contributed by atoms with E-state index in [0.717, 1.165) is 19.6 Å². The smallest absolute Gasteiger partial charge is 0.261 e. The molecule has 2 nitrogen and oxygen atoms in total. The third-order valence-electron chi connectivity index (χ3n) is 2.17. The van der Waals surface area contributed by atoms with Crippen molar-refractivity contribution in [3.63, 3.8) is 0 Å². The summed E-state index contributed by atoms with van der Waals surface area (Å²) in [6.07, 6.45) is 0. The second-order valence-electron chi connectivity index (χ2n) is 4.55. The molecule has 0 unspecified atom stereocenters. The van der Waals surface area contributed by atoms with Gasteiger partial charge in [-0.05, 0) is 39.9 Å². The molecule has 1 aromatic rings. The molecule has 0 spiro atoms. The lowest BCUT2D eigenvalue weighted by Crippen LogP contribution is -2.34. The second kappa shape index (κ2) is 5.65. The maximum Gasteiger partial charge on any atom is 0.261 e. The van der Waals surface area contributed by atoms with Crippen LogP contribution in [-0.2, 0) is 0 Å². The minimum atomic E-state index is 0.00725. The summed E-state index contributed by atoms with van der Waals surface area (Å²) in [5.41, 5.74) is 1.19. The molecule has 0 aliphatic carbocycles. The molecule has 0 aliphatic heterocycles. The lowest BCUT2D eigenvalue weighted by Gasteiger charge is -2.21. The van der Waals surface area contributed by atoms with E-state index >= 15 is 0 Å². The number of nitrogens with one attached hydrogen (secondary N) is 1. The van der Waals surface area contributed by atoms with E-state index in [0.29, 0.717) is 6.54 Å². The number of aryl methyl sites for hydroxylation is 1. The Morgan fingerprint density at radius 1 is 1.56 bits per heavy atom. The molecule has 0 fully saturated rings. The Morgan fingerprint density at radius 2 is 2.19 bits per heavy atom. The predicted octanol–water partition coefficient (Wildman–Crippen LogP) is 3.97. The molecule has 1 rings (SSSR count). The molecule has 1 amide bonds. The van der Waals surface area contributed by atoms with Gasteiger partial charge in [-0.3, -0.25) is 4.79 Å². The van der Waals surface area contributed by atoms with E-state index in [1.54, 1.807) is 0 Å². The average Bonchev–Trinajstić information content (AvgIpc) is 2.56. The quantitative estimate of drug-likeness (QED) is 0.800. The fraction of sp³-hybridized carbons (Fsp3) is 0.545. The van der Waals surface area contributed by atoms with Crippen LogP contribution in [0, 0.1) is 12.3 Å². The van der Waals surface area contributed by atoms with E-state index in [2.05, 4.69) is 51.0 Å². The van der Waals surface area contributed by atoms with Crippen LogP contribution >= 0.6 is 43.2 Å². The Kier molecular flexibility index (Phi) is 5.01. The average molecular weight is 369 g/mol. The number of alkyl halides is 1. The normalized spacial score (nSPS) is 11.6. The summed E-state index contributed by atoms with van der Waals surface area (Å²) in [6.45, 7) is 6.88. The molecule has 16 heavy (non-hydrogen) atoms. The molecular formula is C11H15Br2NOS. The van der Waals surface area contributed by atoms with Crippen LogP contribution in [0.3, 0.4) is 0 Å². The molecule has 0 aromatic carbocycles. The molecule has 0 radical (unpaired) electrons. The van der Waals surface area contributed by atoms with Crippen LogP contribution < -0.4 is 5.32 Å². The van der Waals surface area contributed by atoms with E-state index < -0.39 is 0 Å². The van der Waals surface area contributed by atoms with Gasteiger partial charge in [-0.25, -0.2) is 0 Å². The molecule has 0 saturated carbocycles. The van der Waals surface area contributed by atoms with Gasteiger partial charge in [-0.15, -0.1) is 11.3 Å². The summed E-state index contributed by atoms with van der Waals surface area (Å²) in [5.74, 6) is 0.00725. The Labute approximate surface area is 117 Å². The molecule has 90 valence electrons. The van der Waals surface area contributed by atoms with Gasteiger partial charge in [0.1, 0.15) is 0 Å². The van der Waals surface area contributed by atoms with Gasteiger partial charge in [-0.1, -0.05) is 29.8 Å². The van der Waals surface area contributed by atoms with Crippen LogP contribution in [-0.4, -0.2) is 17.8 Å². The maximum absolute atomic E-state index is 11.8. The highest BCUT2D eigenvalue weighted by molar-refractivity contribution is 9.11. The van der Waals surface area contributed by atoms with E-state index in [1.807, 2.05) is 13.0 Å². The maximum atomic E-state index is 11.8. The summed E-state index contributed by atoms with van der Waals surface area (Å²) >= 11 is 8.33. The van der Waals surface area contributed by atoms with Crippen molar-refractivity contribution in [2.24, 2.45) is 5.41 Å². The third-order valence-corrected chi connectivity index (χ3v) is 5.82. The Morgan fingerprint density at radius 3 is 2.62 bits per heavy atom. The van der Waals surface area contributed by atoms with Crippen molar-refractivity contribution < 1.29 is 4.79 Å². The van der Waals surface area contributed by atoms with Crippen LogP contribution in [0.15, 0.2) is 9.85 Å². The lowest BCUT2D eigenvalue weighted by molar-refractivity contribution is 0.0944. The van der Waals surface area contributed by atoms with Crippen molar-refractivity contribution in [2.45, 2.75) is 20.8 Å². The fourth-order valence-electron chi connectivity index (χ4n) is 1.03. The highest BCUT2D eigenvalue weighted by Crippen LogP contribution is 2.27. The molecule has 0 aliphatic rings. The first-order valence-corrected chi connectivity index (χ1v) is 7.69. The number of carbonyl (C=O) groups excluding carboxylic acids is 1. The van der Waals surface area contributed by atoms with Crippen molar-refractivity contribution in [3.05, 3.63) is 20.3 Å². The Balaban J connectivity index is 2.60. The highest BCUT2D eigenvalue weighted by atomic mass is 79.9. The van der Waals surface area contributed by atoms with E-state index in [9.17, 15) is 4.79 Å². The number of hydrogen-bond donors (Lipinski definition) is 1. The van der Waals surface area contributed by atoms with Gasteiger partial charge in [-0.2, -0.15) is 0 Å². The molecule has 0 saturated heterocycles. The number of carbonyl (C=O) groups is 1. The highest BCUT2D eigenvalue weighted by Gasteiger charge is 2.18. The molecule has 1 heterocycles. The second-order valence-corrected chi connectivity index (χ2v) is 7.48. The number of halogens is 2. The first kappa shape index (κ1) is 14.2. The summed E-state index contributed by atoms with van der Waals surface area (Å²) in [7, 11) is 0. The molecule has 0 atom stereocenters. The molecule has 1 aromatic heterocycles. The third kappa shape index (κ3) is 3.86. The van der Waals surface area contributed by atoms with Crippen LogP contribution in [0.25, 0.3) is 0 Å². The van der Waals surface area contributed by atoms with Gasteiger partial charge < -0.3 is 5.32 Å². The van der Waals surface area contributed by atoms with Crippen LogP contribution in [0.2, 0.25) is 0 Å². The number of thiophene rings is 1. The van der Waals surface area contributed by atoms with Gasteiger partial charge in [0, 0.05) is 11.9 Å². The Hall–Kier alpha value is 0.130. The number of hydrogen-bond acceptors (Lipinski definition) is 2. The Bertz CT molecular complexity index is 368. The number of rotatable bonds is 4. The molecule has 5 heteroatoms. The van der Waals surface area contributed by atoms with E-state index in [-0.39, 0.29) is 11.3 Å². The first-order chi connectivity index (χ1) is 7.35. The van der Waals surface area contributed by atoms with Crippen LogP contribution in [0.5, 0.6) is 0 Å². The first-order valence-electron chi connectivity index (χ1n) is 4.96. The van der Waals surface area contributed by atoms with Crippen molar-refractivity contribution in [1.29, 1.82) is 0 Å². The monoisotopic (exact) mass is 367 g/mol. The largest absolute Gasteiger partial charge is 0.351 e. The predicted molar refractivity (Wildman–Crippen MR) is 76.7 cm³/mol. The molecule has 1 N–H and O–H groups in total. The summed E-state index contributed by atoms with van der Waals surface area (Å²) in [4.78, 5) is 12.6. The van der Waals surface area contributed by atoms with Crippen LogP contribution in [0.4, 0.5) is 0 Å². The van der Waals surface area contributed by atoms with Crippen LogP contribution in [0.1, 0.15) is 29.1 Å². The summed E-state index contributed by atoms with van der Waals surface area (Å²) in [5, 5.41) is 3.82. The fourth-order valence-corrected chi connectivity index (χ4v) is 2.68. The van der Waals surface area contributed by atoms with Crippen molar-refractivity contribution in [1.82, 2.24) is 5.32 Å². The number of amides is 1. The van der Waals surface area contributed by atoms with Crippen molar-refractivity contribution >= 4 is 49.1 Å². The molecular weight excluding hydrogens is 354 g/mol. The lowest BCUT2D eigenvalue weighted by atomic mass is 9.97. The van der Waals surface area contributed by atoms with E-state index in [4.69, 9.17) is 0 Å². The zero-order valence-electron chi connectivity index (χ0n) is 9.56. The SMILES string of the molecule is Cc1cc(C(=O)NCC(C)(C)CBr)sc1Br. The minimum absolute atomic E-state index is 0.00725.